The van der Waals surface area contributed by atoms with Crippen LogP contribution in [0.2, 0.25) is 0 Å². The van der Waals surface area contributed by atoms with E-state index in [0.29, 0.717) is 11.3 Å². The fourth-order valence-corrected chi connectivity index (χ4v) is 2.56. The molecule has 0 radical (unpaired) electrons. The van der Waals surface area contributed by atoms with Gasteiger partial charge in [0.1, 0.15) is 5.69 Å². The molecule has 0 bridgehead atoms. The first-order valence-electron chi connectivity index (χ1n) is 6.59. The van der Waals surface area contributed by atoms with Crippen molar-refractivity contribution in [2.45, 2.75) is 6.92 Å². The number of benzene rings is 1. The second kappa shape index (κ2) is 4.99. The lowest BCUT2D eigenvalue weighted by atomic mass is 10.1. The fourth-order valence-electron chi connectivity index (χ4n) is 2.56. The standard InChI is InChI=1S/C15H13N5O.ClH/c1-9-15(21)20-13-4-3-10(11-6-17-19(2)8-11)5-12(13)16-7-14(20)18-9;/h3-8,21H,1-2H3;1H. The van der Waals surface area contributed by atoms with Crippen molar-refractivity contribution in [2.24, 2.45) is 7.05 Å². The topological polar surface area (TPSA) is 68.2 Å². The maximum absolute atomic E-state index is 10.1. The van der Waals surface area contributed by atoms with Crippen LogP contribution >= 0.6 is 12.4 Å². The summed E-state index contributed by atoms with van der Waals surface area (Å²) in [6.45, 7) is 1.78. The molecule has 112 valence electrons. The third-order valence-electron chi connectivity index (χ3n) is 3.62. The number of halogens is 1. The lowest BCUT2D eigenvalue weighted by Crippen LogP contribution is -1.91. The normalized spacial score (nSPS) is 11.0. The monoisotopic (exact) mass is 315 g/mol. The second-order valence-corrected chi connectivity index (χ2v) is 5.08. The minimum Gasteiger partial charge on any atom is -0.493 e. The molecule has 0 atom stereocenters. The van der Waals surface area contributed by atoms with Gasteiger partial charge in [0.25, 0.3) is 0 Å². The van der Waals surface area contributed by atoms with Gasteiger partial charge in [-0.2, -0.15) is 5.10 Å². The Labute approximate surface area is 132 Å². The van der Waals surface area contributed by atoms with E-state index in [-0.39, 0.29) is 18.3 Å². The molecule has 1 aromatic carbocycles. The molecular formula is C15H14ClN5O. The minimum atomic E-state index is 0. The summed E-state index contributed by atoms with van der Waals surface area (Å²) >= 11 is 0. The molecule has 22 heavy (non-hydrogen) atoms. The fraction of sp³-hybridized carbons (Fsp3) is 0.133. The number of aryl methyl sites for hydroxylation is 2. The molecule has 6 nitrogen and oxygen atoms in total. The number of hydrogen-bond donors (Lipinski definition) is 1. The van der Waals surface area contributed by atoms with Crippen LogP contribution in [0.25, 0.3) is 27.8 Å². The van der Waals surface area contributed by atoms with Crippen molar-refractivity contribution in [1.82, 2.24) is 24.1 Å². The third kappa shape index (κ3) is 2.00. The Morgan fingerprint density at radius 1 is 1.14 bits per heavy atom. The van der Waals surface area contributed by atoms with Crippen LogP contribution in [0.5, 0.6) is 5.88 Å². The summed E-state index contributed by atoms with van der Waals surface area (Å²) in [4.78, 5) is 8.72. The van der Waals surface area contributed by atoms with Crippen LogP contribution in [-0.2, 0) is 7.05 Å². The van der Waals surface area contributed by atoms with Crippen molar-refractivity contribution in [3.63, 3.8) is 0 Å². The van der Waals surface area contributed by atoms with Gasteiger partial charge in [-0.25, -0.2) is 4.98 Å². The Kier molecular flexibility index (Phi) is 3.26. The van der Waals surface area contributed by atoms with Gasteiger partial charge in [0.15, 0.2) is 5.65 Å². The van der Waals surface area contributed by atoms with Crippen molar-refractivity contribution in [3.8, 4) is 17.0 Å². The Morgan fingerprint density at radius 2 is 1.95 bits per heavy atom. The molecule has 0 amide bonds. The largest absolute Gasteiger partial charge is 0.493 e. The quantitative estimate of drug-likeness (QED) is 0.586. The van der Waals surface area contributed by atoms with E-state index in [4.69, 9.17) is 0 Å². The van der Waals surface area contributed by atoms with Gasteiger partial charge in [-0.1, -0.05) is 6.07 Å². The molecular weight excluding hydrogens is 302 g/mol. The van der Waals surface area contributed by atoms with Crippen molar-refractivity contribution >= 4 is 29.1 Å². The van der Waals surface area contributed by atoms with E-state index < -0.39 is 0 Å². The van der Waals surface area contributed by atoms with Gasteiger partial charge in [0.2, 0.25) is 5.88 Å². The highest BCUT2D eigenvalue weighted by molar-refractivity contribution is 5.85. The molecule has 0 saturated carbocycles. The minimum absolute atomic E-state index is 0. The van der Waals surface area contributed by atoms with Gasteiger partial charge in [-0.15, -0.1) is 12.4 Å². The average Bonchev–Trinajstić information content (AvgIpc) is 3.03. The maximum atomic E-state index is 10.1. The Bertz CT molecular complexity index is 988. The summed E-state index contributed by atoms with van der Waals surface area (Å²) in [7, 11) is 1.89. The van der Waals surface area contributed by atoms with Crippen LogP contribution in [0.3, 0.4) is 0 Å². The molecule has 0 saturated heterocycles. The van der Waals surface area contributed by atoms with Crippen LogP contribution in [0.15, 0.2) is 36.8 Å². The number of imidazole rings is 1. The van der Waals surface area contributed by atoms with E-state index in [2.05, 4.69) is 15.1 Å². The molecule has 0 fully saturated rings. The Hall–Kier alpha value is -2.60. The Morgan fingerprint density at radius 3 is 2.68 bits per heavy atom. The first kappa shape index (κ1) is 14.3. The SMILES string of the molecule is Cc1nc2cnc3cc(-c4cnn(C)c4)ccc3n2c1O.Cl. The molecule has 4 rings (SSSR count). The number of fused-ring (bicyclic) bond motifs is 3. The molecule has 0 aliphatic heterocycles. The molecule has 1 N–H and O–H groups in total. The first-order chi connectivity index (χ1) is 10.1. The highest BCUT2D eigenvalue weighted by Gasteiger charge is 2.11. The van der Waals surface area contributed by atoms with Crippen LogP contribution in [0.4, 0.5) is 0 Å². The predicted octanol–water partition coefficient (Wildman–Crippen LogP) is 2.72. The lowest BCUT2D eigenvalue weighted by Gasteiger charge is -2.04. The van der Waals surface area contributed by atoms with Gasteiger partial charge in [0.05, 0.1) is 23.4 Å². The van der Waals surface area contributed by atoms with Crippen molar-refractivity contribution in [1.29, 1.82) is 0 Å². The molecule has 0 aliphatic carbocycles. The summed E-state index contributed by atoms with van der Waals surface area (Å²) in [5.41, 5.74) is 4.95. The summed E-state index contributed by atoms with van der Waals surface area (Å²) in [5, 5.41) is 14.3. The number of rotatable bonds is 1. The van der Waals surface area contributed by atoms with Gasteiger partial charge in [-0.3, -0.25) is 14.1 Å². The predicted molar refractivity (Wildman–Crippen MR) is 86.3 cm³/mol. The molecule has 7 heteroatoms. The van der Waals surface area contributed by atoms with E-state index in [1.165, 1.54) is 0 Å². The molecule has 4 aromatic rings. The summed E-state index contributed by atoms with van der Waals surface area (Å²) in [6.07, 6.45) is 5.44. The van der Waals surface area contributed by atoms with E-state index in [0.717, 1.165) is 22.2 Å². The summed E-state index contributed by atoms with van der Waals surface area (Å²) in [5.74, 6) is 0.159. The lowest BCUT2D eigenvalue weighted by molar-refractivity contribution is 0.446. The van der Waals surface area contributed by atoms with Gasteiger partial charge in [0, 0.05) is 18.8 Å². The van der Waals surface area contributed by atoms with Crippen LogP contribution < -0.4 is 0 Å². The summed E-state index contributed by atoms with van der Waals surface area (Å²) in [6, 6.07) is 5.92. The average molecular weight is 316 g/mol. The molecule has 0 aliphatic rings. The van der Waals surface area contributed by atoms with Crippen LogP contribution in [-0.4, -0.2) is 29.3 Å². The van der Waals surface area contributed by atoms with Crippen LogP contribution in [0, 0.1) is 6.92 Å². The molecule has 0 unspecified atom stereocenters. The highest BCUT2D eigenvalue weighted by Crippen LogP contribution is 2.27. The third-order valence-corrected chi connectivity index (χ3v) is 3.62. The smallest absolute Gasteiger partial charge is 0.219 e. The van der Waals surface area contributed by atoms with Crippen molar-refractivity contribution in [2.75, 3.05) is 0 Å². The highest BCUT2D eigenvalue weighted by atomic mass is 35.5. The molecule has 3 heterocycles. The van der Waals surface area contributed by atoms with E-state index in [1.54, 1.807) is 22.2 Å². The molecule has 3 aromatic heterocycles. The van der Waals surface area contributed by atoms with E-state index in [9.17, 15) is 5.11 Å². The van der Waals surface area contributed by atoms with Gasteiger partial charge in [-0.05, 0) is 24.6 Å². The van der Waals surface area contributed by atoms with Crippen molar-refractivity contribution in [3.05, 3.63) is 42.5 Å². The number of aromatic nitrogens is 5. The Balaban J connectivity index is 0.00000144. The number of hydrogen-bond acceptors (Lipinski definition) is 4. The summed E-state index contributed by atoms with van der Waals surface area (Å²) < 4.78 is 3.48. The maximum Gasteiger partial charge on any atom is 0.219 e. The number of nitrogens with zero attached hydrogens (tertiary/aromatic N) is 5. The molecule has 0 spiro atoms. The van der Waals surface area contributed by atoms with E-state index >= 15 is 0 Å². The van der Waals surface area contributed by atoms with Crippen molar-refractivity contribution < 1.29 is 5.11 Å². The first-order valence-corrected chi connectivity index (χ1v) is 6.59. The second-order valence-electron chi connectivity index (χ2n) is 5.08. The zero-order valence-electron chi connectivity index (χ0n) is 12.1. The van der Waals surface area contributed by atoms with Crippen LogP contribution in [0.1, 0.15) is 5.69 Å². The number of aromatic hydroxyl groups is 1. The van der Waals surface area contributed by atoms with Gasteiger partial charge >= 0.3 is 0 Å². The zero-order valence-corrected chi connectivity index (χ0v) is 12.9. The zero-order chi connectivity index (χ0) is 14.6. The van der Waals surface area contributed by atoms with Gasteiger partial charge < -0.3 is 5.11 Å². The van der Waals surface area contributed by atoms with E-state index in [1.807, 2.05) is 37.6 Å².